The van der Waals surface area contributed by atoms with Crippen LogP contribution in [0.3, 0.4) is 0 Å². The van der Waals surface area contributed by atoms with Crippen molar-refractivity contribution < 1.29 is 9.22 Å². The molecule has 0 saturated heterocycles. The van der Waals surface area contributed by atoms with Crippen LogP contribution in [0, 0.1) is 6.92 Å². The lowest BCUT2D eigenvalue weighted by atomic mass is 9.92. The molecule has 6 rings (SSSR count). The lowest BCUT2D eigenvalue weighted by molar-refractivity contribution is 0.102. The predicted molar refractivity (Wildman–Crippen MR) is 182 cm³/mol. The summed E-state index contributed by atoms with van der Waals surface area (Å²) in [5, 5.41) is 10.1. The number of benzene rings is 2. The van der Waals surface area contributed by atoms with Crippen LogP contribution in [0.4, 0.5) is 5.82 Å². The van der Waals surface area contributed by atoms with Crippen LogP contribution >= 0.6 is 0 Å². The molecule has 1 aliphatic rings. The Labute approximate surface area is 265 Å². The van der Waals surface area contributed by atoms with E-state index in [0.717, 1.165) is 31.4 Å². The van der Waals surface area contributed by atoms with E-state index >= 15 is 0 Å². The molecule has 45 heavy (non-hydrogen) atoms. The Balaban J connectivity index is 1.31. The van der Waals surface area contributed by atoms with Gasteiger partial charge in [-0.15, -0.1) is 0 Å². The molecule has 9 heteroatoms. The van der Waals surface area contributed by atoms with Crippen molar-refractivity contribution in [2.45, 2.75) is 70.6 Å². The second-order valence-corrected chi connectivity index (χ2v) is 17.4. The summed E-state index contributed by atoms with van der Waals surface area (Å²) in [6.07, 6.45) is 6.91. The molecule has 5 aromatic rings. The van der Waals surface area contributed by atoms with E-state index in [1.807, 2.05) is 11.5 Å². The van der Waals surface area contributed by atoms with E-state index in [9.17, 15) is 9.59 Å². The molecule has 3 aromatic heterocycles. The average molecular weight is 620 g/mol. The van der Waals surface area contributed by atoms with Crippen molar-refractivity contribution in [3.05, 3.63) is 113 Å². The van der Waals surface area contributed by atoms with Crippen molar-refractivity contribution in [3.63, 3.8) is 0 Å². The lowest BCUT2D eigenvalue weighted by Crippen LogP contribution is -2.67. The third kappa shape index (κ3) is 5.78. The minimum Gasteiger partial charge on any atom is -0.404 e. The summed E-state index contributed by atoms with van der Waals surface area (Å²) in [5.41, 5.74) is 1.16. The van der Waals surface area contributed by atoms with Crippen molar-refractivity contribution in [3.8, 4) is 0 Å². The Morgan fingerprint density at radius 2 is 1.56 bits per heavy atom. The van der Waals surface area contributed by atoms with Gasteiger partial charge >= 0.3 is 0 Å². The highest BCUT2D eigenvalue weighted by atomic mass is 28.4. The molecule has 1 amide bonds. The maximum atomic E-state index is 13.5. The summed E-state index contributed by atoms with van der Waals surface area (Å²) >= 11 is 0. The van der Waals surface area contributed by atoms with E-state index in [0.29, 0.717) is 16.9 Å². The quantitative estimate of drug-likeness (QED) is 0.234. The molecule has 0 atom stereocenters. The van der Waals surface area contributed by atoms with Crippen LogP contribution in [-0.2, 0) is 11.5 Å². The Bertz CT molecular complexity index is 1830. The number of pyridine rings is 2. The first-order valence-corrected chi connectivity index (χ1v) is 17.6. The summed E-state index contributed by atoms with van der Waals surface area (Å²) in [6.45, 7) is 8.78. The molecule has 0 bridgehead atoms. The van der Waals surface area contributed by atoms with Gasteiger partial charge in [0.25, 0.3) is 14.2 Å². The van der Waals surface area contributed by atoms with Gasteiger partial charge in [0.15, 0.2) is 0 Å². The topological polar surface area (TPSA) is 91.0 Å². The lowest BCUT2D eigenvalue weighted by Gasteiger charge is -2.46. The van der Waals surface area contributed by atoms with E-state index in [1.165, 1.54) is 10.4 Å². The van der Waals surface area contributed by atoms with Gasteiger partial charge < -0.3 is 14.3 Å². The molecule has 0 spiro atoms. The van der Waals surface area contributed by atoms with Gasteiger partial charge in [-0.1, -0.05) is 81.4 Å². The number of carbonyl (C=O) groups is 1. The average Bonchev–Trinajstić information content (AvgIpc) is 3.36. The minimum absolute atomic E-state index is 0.0764. The number of anilines is 1. The molecule has 1 N–H and O–H groups in total. The van der Waals surface area contributed by atoms with Gasteiger partial charge in [0.2, 0.25) is 5.43 Å². The summed E-state index contributed by atoms with van der Waals surface area (Å²) in [7, 11) is -0.911. The van der Waals surface area contributed by atoms with Gasteiger partial charge in [0, 0.05) is 37.7 Å². The van der Waals surface area contributed by atoms with Crippen LogP contribution in [0.1, 0.15) is 68.5 Å². The van der Waals surface area contributed by atoms with E-state index in [-0.39, 0.29) is 28.2 Å². The van der Waals surface area contributed by atoms with Crippen molar-refractivity contribution in [2.75, 3.05) is 5.32 Å². The van der Waals surface area contributed by atoms with Gasteiger partial charge in [-0.2, -0.15) is 5.10 Å². The van der Waals surface area contributed by atoms with E-state index < -0.39 is 14.2 Å². The van der Waals surface area contributed by atoms with Crippen LogP contribution in [0.5, 0.6) is 0 Å². The number of aromatic nitrogens is 4. The molecule has 1 aliphatic carbocycles. The highest BCUT2D eigenvalue weighted by Gasteiger charge is 2.51. The SMILES string of the molecule is Cc1cc(NC(=O)c2cn(C3CCC(O[Si](c4ccccc4)(c4ccccc4)C(C)(C)C)CC3)c3ncccc3c2=O)n(C)n1. The second-order valence-electron chi connectivity index (χ2n) is 13.1. The largest absolute Gasteiger partial charge is 0.404 e. The number of carbonyl (C=O) groups excluding carboxylic acids is 1. The number of nitrogens with one attached hydrogen (secondary N) is 1. The van der Waals surface area contributed by atoms with Crippen molar-refractivity contribution in [1.29, 1.82) is 0 Å². The van der Waals surface area contributed by atoms with Crippen LogP contribution in [0.25, 0.3) is 11.0 Å². The highest BCUT2D eigenvalue weighted by Crippen LogP contribution is 2.40. The van der Waals surface area contributed by atoms with E-state index in [4.69, 9.17) is 4.43 Å². The van der Waals surface area contributed by atoms with Crippen LogP contribution in [0.2, 0.25) is 5.04 Å². The standard InChI is InChI=1S/C36H41N5O3Si/c1-25-23-32(40(5)39-25)38-35(43)31-24-41(34-30(33(31)42)17-12-22-37-34)26-18-20-27(21-19-26)44-45(36(2,3)4,28-13-8-6-9-14-28)29-15-10-7-11-16-29/h6-17,22-24,26-27H,18-21H2,1-5H3,(H,38,43). The Hall–Kier alpha value is -4.34. The number of amides is 1. The van der Waals surface area contributed by atoms with E-state index in [2.05, 4.69) is 96.8 Å². The molecular weight excluding hydrogens is 579 g/mol. The molecule has 232 valence electrons. The van der Waals surface area contributed by atoms with Gasteiger partial charge in [-0.05, 0) is 60.2 Å². The summed E-state index contributed by atoms with van der Waals surface area (Å²) in [4.78, 5) is 31.6. The first kappa shape index (κ1) is 30.7. The molecule has 1 fully saturated rings. The van der Waals surface area contributed by atoms with E-state index in [1.54, 1.807) is 42.3 Å². The third-order valence-corrected chi connectivity index (χ3v) is 14.2. The number of aryl methyl sites for hydroxylation is 2. The maximum absolute atomic E-state index is 13.5. The number of hydrogen-bond acceptors (Lipinski definition) is 5. The molecule has 1 saturated carbocycles. The van der Waals surface area contributed by atoms with Gasteiger partial charge in [0.05, 0.1) is 11.1 Å². The smallest absolute Gasteiger partial charge is 0.262 e. The second kappa shape index (κ2) is 12.2. The zero-order valence-corrected chi connectivity index (χ0v) is 27.7. The first-order chi connectivity index (χ1) is 21.6. The number of fused-ring (bicyclic) bond motifs is 1. The van der Waals surface area contributed by atoms with Crippen LogP contribution in [0.15, 0.2) is 96.1 Å². The fourth-order valence-electron chi connectivity index (χ4n) is 6.92. The Morgan fingerprint density at radius 3 is 2.11 bits per heavy atom. The van der Waals surface area contributed by atoms with Gasteiger partial charge in [-0.3, -0.25) is 14.3 Å². The molecular formula is C36H41N5O3Si. The number of hydrogen-bond donors (Lipinski definition) is 1. The van der Waals surface area contributed by atoms with Crippen molar-refractivity contribution in [1.82, 2.24) is 19.3 Å². The zero-order chi connectivity index (χ0) is 31.8. The highest BCUT2D eigenvalue weighted by molar-refractivity contribution is 6.99. The van der Waals surface area contributed by atoms with Crippen LogP contribution in [-0.4, -0.2) is 39.7 Å². The Kier molecular flexibility index (Phi) is 8.33. The van der Waals surface area contributed by atoms with Gasteiger partial charge in [-0.25, -0.2) is 4.98 Å². The maximum Gasteiger partial charge on any atom is 0.262 e. The summed E-state index contributed by atoms with van der Waals surface area (Å²) in [5.74, 6) is 0.0851. The van der Waals surface area contributed by atoms with Crippen molar-refractivity contribution >= 4 is 41.4 Å². The molecule has 0 radical (unpaired) electrons. The fraction of sp³-hybridized carbons (Fsp3) is 0.333. The normalized spacial score (nSPS) is 17.4. The molecule has 0 aliphatic heterocycles. The van der Waals surface area contributed by atoms with Gasteiger partial charge in [0.1, 0.15) is 17.0 Å². The zero-order valence-electron chi connectivity index (χ0n) is 26.7. The minimum atomic E-state index is -2.67. The van der Waals surface area contributed by atoms with Crippen molar-refractivity contribution in [2.24, 2.45) is 7.05 Å². The summed E-state index contributed by atoms with van der Waals surface area (Å²) in [6, 6.07) is 26.9. The monoisotopic (exact) mass is 619 g/mol. The third-order valence-electron chi connectivity index (χ3n) is 9.07. The molecule has 2 aromatic carbocycles. The Morgan fingerprint density at radius 1 is 0.933 bits per heavy atom. The van der Waals surface area contributed by atoms with Crippen LogP contribution < -0.4 is 21.1 Å². The number of rotatable bonds is 7. The summed E-state index contributed by atoms with van der Waals surface area (Å²) < 4.78 is 11.1. The first-order valence-electron chi connectivity index (χ1n) is 15.7. The molecule has 0 unspecified atom stereocenters. The molecule has 3 heterocycles. The molecule has 8 nitrogen and oxygen atoms in total. The predicted octanol–water partition coefficient (Wildman–Crippen LogP) is 5.75. The number of nitrogens with zero attached hydrogens (tertiary/aromatic N) is 4. The fourth-order valence-corrected chi connectivity index (χ4v) is 11.7.